The van der Waals surface area contributed by atoms with Gasteiger partial charge in [0, 0.05) is 24.2 Å². The molecule has 0 aliphatic rings. The third kappa shape index (κ3) is 6.21. The summed E-state index contributed by atoms with van der Waals surface area (Å²) in [5, 5.41) is 6.21. The van der Waals surface area contributed by atoms with Gasteiger partial charge in [0.25, 0.3) is 0 Å². The van der Waals surface area contributed by atoms with Gasteiger partial charge in [-0.1, -0.05) is 0 Å². The fraction of sp³-hybridized carbons (Fsp3) is 0.688. The Kier molecular flexibility index (Phi) is 5.84. The van der Waals surface area contributed by atoms with Crippen molar-refractivity contribution in [3.8, 4) is 0 Å². The topological polar surface area (TPSA) is 63.5 Å². The van der Waals surface area contributed by atoms with Gasteiger partial charge in [-0.25, -0.2) is 4.79 Å². The van der Waals surface area contributed by atoms with E-state index in [0.29, 0.717) is 6.54 Å². The Morgan fingerprint density at radius 3 is 2.43 bits per heavy atom. The highest BCUT2D eigenvalue weighted by molar-refractivity contribution is 5.67. The average Bonchev–Trinajstić information content (AvgIpc) is 2.63. The largest absolute Gasteiger partial charge is 0.466 e. The Morgan fingerprint density at radius 1 is 1.33 bits per heavy atom. The van der Waals surface area contributed by atoms with Crippen molar-refractivity contribution in [1.29, 1.82) is 0 Å². The van der Waals surface area contributed by atoms with Crippen LogP contribution < -0.4 is 10.6 Å². The number of alkyl carbamates (subject to hydrolysis) is 1. The second-order valence-electron chi connectivity index (χ2n) is 6.54. The molecule has 0 radical (unpaired) electrons. The highest BCUT2D eigenvalue weighted by Gasteiger charge is 2.18. The molecule has 120 valence electrons. The van der Waals surface area contributed by atoms with Crippen molar-refractivity contribution in [2.45, 2.75) is 66.2 Å². The molecule has 0 aliphatic carbocycles. The van der Waals surface area contributed by atoms with E-state index in [9.17, 15) is 4.79 Å². The van der Waals surface area contributed by atoms with E-state index in [1.807, 2.05) is 47.6 Å². The van der Waals surface area contributed by atoms with Crippen LogP contribution in [0.25, 0.3) is 0 Å². The van der Waals surface area contributed by atoms with Crippen LogP contribution in [-0.4, -0.2) is 24.3 Å². The van der Waals surface area contributed by atoms with Crippen LogP contribution >= 0.6 is 0 Å². The van der Waals surface area contributed by atoms with E-state index in [1.54, 1.807) is 0 Å². The van der Waals surface area contributed by atoms with Gasteiger partial charge in [0.15, 0.2) is 0 Å². The average molecular weight is 296 g/mol. The lowest BCUT2D eigenvalue weighted by Gasteiger charge is -2.23. The molecule has 21 heavy (non-hydrogen) atoms. The third-order valence-corrected chi connectivity index (χ3v) is 3.03. The highest BCUT2D eigenvalue weighted by Crippen LogP contribution is 2.21. The smallest absolute Gasteiger partial charge is 0.407 e. The Hall–Kier alpha value is -1.49. The molecule has 1 rings (SSSR count). The van der Waals surface area contributed by atoms with E-state index in [1.165, 1.54) is 0 Å². The molecule has 0 saturated heterocycles. The Balaban J connectivity index is 2.41. The molecule has 0 fully saturated rings. The van der Waals surface area contributed by atoms with E-state index >= 15 is 0 Å². The van der Waals surface area contributed by atoms with Gasteiger partial charge >= 0.3 is 6.09 Å². The van der Waals surface area contributed by atoms with Crippen molar-refractivity contribution < 1.29 is 13.9 Å². The first-order valence-corrected chi connectivity index (χ1v) is 7.38. The molecule has 1 heterocycles. The number of ether oxygens (including phenoxy) is 1. The van der Waals surface area contributed by atoms with Crippen LogP contribution in [0.5, 0.6) is 0 Å². The van der Waals surface area contributed by atoms with Crippen molar-refractivity contribution in [2.75, 3.05) is 6.54 Å². The Bertz CT molecular complexity index is 474. The van der Waals surface area contributed by atoms with E-state index in [2.05, 4.69) is 17.6 Å². The van der Waals surface area contributed by atoms with Gasteiger partial charge in [-0.2, -0.15) is 0 Å². The fourth-order valence-corrected chi connectivity index (χ4v) is 2.21. The number of hydrogen-bond acceptors (Lipinski definition) is 4. The van der Waals surface area contributed by atoms with Crippen LogP contribution in [0, 0.1) is 13.8 Å². The predicted octanol–water partition coefficient (Wildman–Crippen LogP) is 3.46. The van der Waals surface area contributed by atoms with Crippen LogP contribution in [-0.2, 0) is 4.74 Å². The summed E-state index contributed by atoms with van der Waals surface area (Å²) in [6.45, 7) is 14.1. The third-order valence-electron chi connectivity index (χ3n) is 3.03. The lowest BCUT2D eigenvalue weighted by molar-refractivity contribution is 0.0522. The normalized spacial score (nSPS) is 14.6. The number of amides is 1. The van der Waals surface area contributed by atoms with Gasteiger partial charge in [0.05, 0.1) is 0 Å². The van der Waals surface area contributed by atoms with Gasteiger partial charge in [0.1, 0.15) is 17.1 Å². The summed E-state index contributed by atoms with van der Waals surface area (Å²) in [7, 11) is 0. The van der Waals surface area contributed by atoms with Gasteiger partial charge in [-0.3, -0.25) is 0 Å². The first-order chi connectivity index (χ1) is 9.58. The quantitative estimate of drug-likeness (QED) is 0.873. The molecule has 2 N–H and O–H groups in total. The van der Waals surface area contributed by atoms with Crippen molar-refractivity contribution in [1.82, 2.24) is 10.6 Å². The number of furan rings is 1. The van der Waals surface area contributed by atoms with E-state index in [-0.39, 0.29) is 18.2 Å². The molecule has 2 atom stereocenters. The summed E-state index contributed by atoms with van der Waals surface area (Å²) in [5.74, 6) is 1.84. The summed E-state index contributed by atoms with van der Waals surface area (Å²) >= 11 is 0. The van der Waals surface area contributed by atoms with E-state index in [4.69, 9.17) is 9.15 Å². The minimum absolute atomic E-state index is 0.127. The number of carbonyl (C=O) groups is 1. The summed E-state index contributed by atoms with van der Waals surface area (Å²) in [4.78, 5) is 11.6. The van der Waals surface area contributed by atoms with E-state index < -0.39 is 5.60 Å². The van der Waals surface area contributed by atoms with Crippen molar-refractivity contribution in [3.05, 3.63) is 23.2 Å². The molecule has 0 aliphatic heterocycles. The monoisotopic (exact) mass is 296 g/mol. The minimum atomic E-state index is -0.473. The molecular weight excluding hydrogens is 268 g/mol. The van der Waals surface area contributed by atoms with Crippen LogP contribution in [0.3, 0.4) is 0 Å². The lowest BCUT2D eigenvalue weighted by Crippen LogP contribution is -2.42. The van der Waals surface area contributed by atoms with Crippen molar-refractivity contribution in [2.24, 2.45) is 0 Å². The van der Waals surface area contributed by atoms with Crippen molar-refractivity contribution >= 4 is 6.09 Å². The van der Waals surface area contributed by atoms with Crippen LogP contribution in [0.1, 0.15) is 57.7 Å². The molecule has 0 aromatic carbocycles. The second kappa shape index (κ2) is 6.98. The van der Waals surface area contributed by atoms with Gasteiger partial charge < -0.3 is 19.8 Å². The van der Waals surface area contributed by atoms with Crippen LogP contribution in [0.15, 0.2) is 10.5 Å². The summed E-state index contributed by atoms with van der Waals surface area (Å²) in [5.41, 5.74) is 0.677. The zero-order valence-electron chi connectivity index (χ0n) is 14.2. The minimum Gasteiger partial charge on any atom is -0.466 e. The maximum Gasteiger partial charge on any atom is 0.407 e. The zero-order valence-corrected chi connectivity index (χ0v) is 14.2. The predicted molar refractivity (Wildman–Crippen MR) is 83.4 cm³/mol. The maximum absolute atomic E-state index is 11.6. The van der Waals surface area contributed by atoms with Gasteiger partial charge in [0.2, 0.25) is 0 Å². The summed E-state index contributed by atoms with van der Waals surface area (Å²) in [6.07, 6.45) is -0.390. The SMILES string of the molecule is Cc1cc(C(C)NC(C)CNC(=O)OC(C)(C)C)c(C)o1. The molecular formula is C16H28N2O3. The second-order valence-corrected chi connectivity index (χ2v) is 6.54. The van der Waals surface area contributed by atoms with Crippen LogP contribution in [0.4, 0.5) is 4.79 Å². The first kappa shape index (κ1) is 17.6. The van der Waals surface area contributed by atoms with Gasteiger partial charge in [-0.15, -0.1) is 0 Å². The maximum atomic E-state index is 11.6. The van der Waals surface area contributed by atoms with Gasteiger partial charge in [-0.05, 0) is 54.5 Å². The standard InChI is InChI=1S/C16H28N2O3/c1-10(9-17-15(19)21-16(5,6)7)18-12(3)14-8-11(2)20-13(14)4/h8,10,12,18H,9H2,1-7H3,(H,17,19). The molecule has 2 unspecified atom stereocenters. The van der Waals surface area contributed by atoms with Crippen LogP contribution in [0.2, 0.25) is 0 Å². The summed E-state index contributed by atoms with van der Waals surface area (Å²) in [6, 6.07) is 2.33. The molecule has 0 saturated carbocycles. The molecule has 0 spiro atoms. The number of hydrogen-bond donors (Lipinski definition) is 2. The first-order valence-electron chi connectivity index (χ1n) is 7.38. The zero-order chi connectivity index (χ0) is 16.2. The fourth-order valence-electron chi connectivity index (χ4n) is 2.21. The summed E-state index contributed by atoms with van der Waals surface area (Å²) < 4.78 is 10.7. The Morgan fingerprint density at radius 2 is 1.95 bits per heavy atom. The lowest BCUT2D eigenvalue weighted by atomic mass is 10.1. The molecule has 1 aromatic rings. The molecule has 1 amide bonds. The molecule has 1 aromatic heterocycles. The number of rotatable bonds is 5. The number of carbonyl (C=O) groups excluding carboxylic acids is 1. The molecule has 5 heteroatoms. The molecule has 5 nitrogen and oxygen atoms in total. The number of aryl methyl sites for hydroxylation is 2. The molecule has 0 bridgehead atoms. The Labute approximate surface area is 127 Å². The van der Waals surface area contributed by atoms with E-state index in [0.717, 1.165) is 17.1 Å². The number of nitrogens with one attached hydrogen (secondary N) is 2. The van der Waals surface area contributed by atoms with Crippen molar-refractivity contribution in [3.63, 3.8) is 0 Å². The highest BCUT2D eigenvalue weighted by atomic mass is 16.6.